The molecule has 1 amide bonds. The Labute approximate surface area is 142 Å². The number of amides is 1. The van der Waals surface area contributed by atoms with Crippen LogP contribution in [0, 0.1) is 5.41 Å². The van der Waals surface area contributed by atoms with Crippen LogP contribution in [0.15, 0.2) is 24.3 Å². The fourth-order valence-electron chi connectivity index (χ4n) is 3.17. The second kappa shape index (κ2) is 8.68. The van der Waals surface area contributed by atoms with E-state index in [0.717, 1.165) is 25.7 Å². The molecule has 3 N–H and O–H groups in total. The Hall–Kier alpha value is -2.08. The Balaban J connectivity index is 1.92. The molecule has 0 spiro atoms. The normalized spacial score (nSPS) is 16.2. The molecule has 132 valence electrons. The van der Waals surface area contributed by atoms with Gasteiger partial charge in [0.15, 0.2) is 6.61 Å². The van der Waals surface area contributed by atoms with Gasteiger partial charge in [-0.25, -0.2) is 4.79 Å². The maximum absolute atomic E-state index is 12.4. The van der Waals surface area contributed by atoms with Crippen molar-refractivity contribution in [3.8, 4) is 5.75 Å². The van der Waals surface area contributed by atoms with Crippen LogP contribution in [0.4, 0.5) is 5.69 Å². The first-order chi connectivity index (χ1) is 11.6. The van der Waals surface area contributed by atoms with Gasteiger partial charge in [0.1, 0.15) is 5.75 Å². The van der Waals surface area contributed by atoms with Crippen molar-refractivity contribution >= 4 is 17.6 Å². The maximum atomic E-state index is 12.4. The minimum absolute atomic E-state index is 0.0348. The Kier molecular flexibility index (Phi) is 6.61. The van der Waals surface area contributed by atoms with Gasteiger partial charge in [-0.1, -0.05) is 25.3 Å². The highest BCUT2D eigenvalue weighted by Crippen LogP contribution is 2.38. The van der Waals surface area contributed by atoms with Crippen molar-refractivity contribution in [1.29, 1.82) is 0 Å². The number of carbonyl (C=O) groups excluding carboxylic acids is 2. The van der Waals surface area contributed by atoms with E-state index in [9.17, 15) is 9.59 Å². The van der Waals surface area contributed by atoms with Gasteiger partial charge in [-0.15, -0.1) is 0 Å². The molecule has 1 saturated carbocycles. The van der Waals surface area contributed by atoms with Crippen LogP contribution >= 0.6 is 0 Å². The molecule has 0 bridgehead atoms. The van der Waals surface area contributed by atoms with E-state index in [2.05, 4.69) is 10.1 Å². The van der Waals surface area contributed by atoms with E-state index in [1.54, 1.807) is 24.3 Å². The number of esters is 1. The van der Waals surface area contributed by atoms with Gasteiger partial charge in [0.25, 0.3) is 0 Å². The van der Waals surface area contributed by atoms with Crippen LogP contribution in [-0.4, -0.2) is 32.1 Å². The summed E-state index contributed by atoms with van der Waals surface area (Å²) in [7, 11) is 1.31. The van der Waals surface area contributed by atoms with Gasteiger partial charge in [0.2, 0.25) is 5.91 Å². The summed E-state index contributed by atoms with van der Waals surface area (Å²) in [6, 6.07) is 6.97. The molecule has 1 fully saturated rings. The van der Waals surface area contributed by atoms with Crippen molar-refractivity contribution in [2.45, 2.75) is 38.5 Å². The molecule has 1 aromatic rings. The predicted octanol–water partition coefficient (Wildman–Crippen LogP) is 2.48. The van der Waals surface area contributed by atoms with Gasteiger partial charge in [0, 0.05) is 18.2 Å². The zero-order chi connectivity index (χ0) is 17.4. The van der Waals surface area contributed by atoms with E-state index in [0.29, 0.717) is 24.4 Å². The van der Waals surface area contributed by atoms with Gasteiger partial charge in [-0.3, -0.25) is 4.79 Å². The van der Waals surface area contributed by atoms with E-state index >= 15 is 0 Å². The van der Waals surface area contributed by atoms with Crippen molar-refractivity contribution in [2.75, 3.05) is 25.6 Å². The van der Waals surface area contributed by atoms with Crippen molar-refractivity contribution < 1.29 is 19.1 Å². The number of carbonyl (C=O) groups is 2. The second-order valence-electron chi connectivity index (χ2n) is 6.38. The lowest BCUT2D eigenvalue weighted by atomic mass is 9.71. The van der Waals surface area contributed by atoms with Crippen LogP contribution in [0.25, 0.3) is 0 Å². The molecule has 2 rings (SSSR count). The lowest BCUT2D eigenvalue weighted by Gasteiger charge is -2.35. The fourth-order valence-corrected chi connectivity index (χ4v) is 3.17. The lowest BCUT2D eigenvalue weighted by Crippen LogP contribution is -2.36. The van der Waals surface area contributed by atoms with Crippen LogP contribution in [0.1, 0.15) is 38.5 Å². The molecule has 0 radical (unpaired) electrons. The standard InChI is InChI=1S/C18H26N2O4/c1-23-17(22)12-24-15-7-5-6-14(10-15)20-16(21)11-18(13-19)8-3-2-4-9-18/h5-7,10H,2-4,8-9,11-13,19H2,1H3,(H,20,21). The highest BCUT2D eigenvalue weighted by Gasteiger charge is 2.32. The molecule has 1 aromatic carbocycles. The number of hydrogen-bond acceptors (Lipinski definition) is 5. The summed E-state index contributed by atoms with van der Waals surface area (Å²) in [5.41, 5.74) is 6.52. The summed E-state index contributed by atoms with van der Waals surface area (Å²) >= 11 is 0. The van der Waals surface area contributed by atoms with E-state index in [4.69, 9.17) is 10.5 Å². The van der Waals surface area contributed by atoms with Crippen molar-refractivity contribution in [1.82, 2.24) is 0 Å². The number of nitrogens with one attached hydrogen (secondary N) is 1. The second-order valence-corrected chi connectivity index (χ2v) is 6.38. The fraction of sp³-hybridized carbons (Fsp3) is 0.556. The van der Waals surface area contributed by atoms with E-state index in [1.165, 1.54) is 13.5 Å². The molecule has 0 heterocycles. The summed E-state index contributed by atoms with van der Waals surface area (Å²) in [6.07, 6.45) is 5.97. The van der Waals surface area contributed by atoms with Gasteiger partial charge in [-0.2, -0.15) is 0 Å². The number of ether oxygens (including phenoxy) is 2. The van der Waals surface area contributed by atoms with Crippen LogP contribution in [0.3, 0.4) is 0 Å². The first-order valence-electron chi connectivity index (χ1n) is 8.36. The van der Waals surface area contributed by atoms with Crippen molar-refractivity contribution in [3.63, 3.8) is 0 Å². The Morgan fingerprint density at radius 1 is 1.25 bits per heavy atom. The van der Waals surface area contributed by atoms with E-state index in [1.807, 2.05) is 0 Å². The van der Waals surface area contributed by atoms with Gasteiger partial charge in [0.05, 0.1) is 7.11 Å². The smallest absolute Gasteiger partial charge is 0.343 e. The average Bonchev–Trinajstić information content (AvgIpc) is 2.60. The SMILES string of the molecule is COC(=O)COc1cccc(NC(=O)CC2(CN)CCCCC2)c1. The van der Waals surface area contributed by atoms with E-state index < -0.39 is 5.97 Å². The Morgan fingerprint density at radius 3 is 2.67 bits per heavy atom. The van der Waals surface area contributed by atoms with Crippen molar-refractivity contribution in [3.05, 3.63) is 24.3 Å². The zero-order valence-corrected chi connectivity index (χ0v) is 14.2. The number of nitrogens with two attached hydrogens (primary N) is 1. The molecule has 1 aliphatic rings. The molecule has 24 heavy (non-hydrogen) atoms. The van der Waals surface area contributed by atoms with Crippen LogP contribution in [-0.2, 0) is 14.3 Å². The molecular formula is C18H26N2O4. The molecule has 0 atom stereocenters. The molecule has 0 aliphatic heterocycles. The predicted molar refractivity (Wildman–Crippen MR) is 91.8 cm³/mol. The summed E-state index contributed by atoms with van der Waals surface area (Å²) in [6.45, 7) is 0.382. The molecule has 6 nitrogen and oxygen atoms in total. The van der Waals surface area contributed by atoms with Crippen LogP contribution in [0.2, 0.25) is 0 Å². The quantitative estimate of drug-likeness (QED) is 0.748. The van der Waals surface area contributed by atoms with Crippen LogP contribution in [0.5, 0.6) is 5.75 Å². The van der Waals surface area contributed by atoms with E-state index in [-0.39, 0.29) is 17.9 Å². The summed E-state index contributed by atoms with van der Waals surface area (Å²) in [5, 5.41) is 2.90. The Bertz CT molecular complexity index is 568. The van der Waals surface area contributed by atoms with Gasteiger partial charge in [-0.05, 0) is 36.9 Å². The molecule has 6 heteroatoms. The van der Waals surface area contributed by atoms with Crippen LogP contribution < -0.4 is 15.8 Å². The summed E-state index contributed by atoms with van der Waals surface area (Å²) < 4.78 is 9.86. The average molecular weight is 334 g/mol. The Morgan fingerprint density at radius 2 is 2.00 bits per heavy atom. The number of hydrogen-bond donors (Lipinski definition) is 2. The third-order valence-corrected chi connectivity index (χ3v) is 4.58. The zero-order valence-electron chi connectivity index (χ0n) is 14.2. The third kappa shape index (κ3) is 5.23. The molecule has 0 saturated heterocycles. The highest BCUT2D eigenvalue weighted by atomic mass is 16.6. The van der Waals surface area contributed by atoms with Crippen molar-refractivity contribution in [2.24, 2.45) is 11.1 Å². The first kappa shape index (κ1) is 18.3. The van der Waals surface area contributed by atoms with Gasteiger partial charge >= 0.3 is 5.97 Å². The highest BCUT2D eigenvalue weighted by molar-refractivity contribution is 5.91. The van der Waals surface area contributed by atoms with Gasteiger partial charge < -0.3 is 20.5 Å². The first-order valence-corrected chi connectivity index (χ1v) is 8.36. The molecule has 0 aromatic heterocycles. The monoisotopic (exact) mass is 334 g/mol. The number of methoxy groups -OCH3 is 1. The molecule has 1 aliphatic carbocycles. The minimum Gasteiger partial charge on any atom is -0.482 e. The lowest BCUT2D eigenvalue weighted by molar-refractivity contribution is -0.142. The number of rotatable bonds is 7. The molecule has 0 unspecified atom stereocenters. The number of benzene rings is 1. The summed E-state index contributed by atoms with van der Waals surface area (Å²) in [4.78, 5) is 23.5. The minimum atomic E-state index is -0.452. The topological polar surface area (TPSA) is 90.6 Å². The third-order valence-electron chi connectivity index (χ3n) is 4.58. The largest absolute Gasteiger partial charge is 0.482 e. The maximum Gasteiger partial charge on any atom is 0.343 e. The molecular weight excluding hydrogens is 308 g/mol. The number of anilines is 1. The summed E-state index contributed by atoms with van der Waals surface area (Å²) in [5.74, 6) is 0.0171.